The van der Waals surface area contributed by atoms with Gasteiger partial charge in [0.25, 0.3) is 0 Å². The minimum absolute atomic E-state index is 2.05. The standard InChI is InChI=1S/C2HCl2F3O3S/c3-1(4)10-11(8,9)2(5,6)7/h1H. The second-order valence-electron chi connectivity index (χ2n) is 1.26. The molecule has 0 aromatic heterocycles. The summed E-state index contributed by atoms with van der Waals surface area (Å²) in [6, 6.07) is 0. The number of hydrogen-bond donors (Lipinski definition) is 0. The third-order valence-corrected chi connectivity index (χ3v) is 1.89. The van der Waals surface area contributed by atoms with Crippen LogP contribution in [-0.4, -0.2) is 18.9 Å². The molecule has 0 heterocycles. The Kier molecular flexibility index (Phi) is 3.43. The molecule has 0 fully saturated rings. The predicted molar refractivity (Wildman–Crippen MR) is 31.6 cm³/mol. The van der Waals surface area contributed by atoms with Gasteiger partial charge in [0.15, 0.2) is 0 Å². The largest absolute Gasteiger partial charge is 0.523 e. The molecule has 0 aliphatic carbocycles. The average Bonchev–Trinajstić information content (AvgIpc) is 1.56. The quantitative estimate of drug-likeness (QED) is 0.413. The second kappa shape index (κ2) is 3.34. The van der Waals surface area contributed by atoms with Crippen LogP contribution in [0.3, 0.4) is 0 Å². The Hall–Kier alpha value is 0.280. The van der Waals surface area contributed by atoms with Crippen molar-refractivity contribution < 1.29 is 25.8 Å². The van der Waals surface area contributed by atoms with Crippen LogP contribution in [0.2, 0.25) is 0 Å². The van der Waals surface area contributed by atoms with E-state index in [1.165, 1.54) is 0 Å². The van der Waals surface area contributed by atoms with Crippen molar-refractivity contribution in [2.75, 3.05) is 0 Å². The molecule has 0 saturated carbocycles. The fourth-order valence-corrected chi connectivity index (χ4v) is 1.03. The highest BCUT2D eigenvalue weighted by atomic mass is 35.5. The van der Waals surface area contributed by atoms with E-state index in [-0.39, 0.29) is 0 Å². The SMILES string of the molecule is O=S(=O)(OC(Cl)Cl)C(F)(F)F. The van der Waals surface area contributed by atoms with Gasteiger partial charge in [-0.2, -0.15) is 21.6 Å². The van der Waals surface area contributed by atoms with Gasteiger partial charge < -0.3 is 0 Å². The Morgan fingerprint density at radius 1 is 1.27 bits per heavy atom. The van der Waals surface area contributed by atoms with Crippen LogP contribution >= 0.6 is 23.2 Å². The third kappa shape index (κ3) is 3.46. The Labute approximate surface area is 70.2 Å². The average molecular weight is 233 g/mol. The summed E-state index contributed by atoms with van der Waals surface area (Å²) in [6.07, 6.45) is 0. The maximum Gasteiger partial charge on any atom is 0.523 e. The zero-order valence-corrected chi connectivity index (χ0v) is 6.93. The van der Waals surface area contributed by atoms with Gasteiger partial charge in [0, 0.05) is 0 Å². The minimum atomic E-state index is -5.66. The van der Waals surface area contributed by atoms with Crippen LogP contribution in [-0.2, 0) is 14.3 Å². The topological polar surface area (TPSA) is 43.4 Å². The zero-order valence-electron chi connectivity index (χ0n) is 4.60. The molecule has 0 rings (SSSR count). The van der Waals surface area contributed by atoms with Crippen molar-refractivity contribution in [1.82, 2.24) is 0 Å². The maximum atomic E-state index is 11.4. The second-order valence-corrected chi connectivity index (χ2v) is 3.84. The Balaban J connectivity index is 4.51. The molecule has 11 heavy (non-hydrogen) atoms. The van der Waals surface area contributed by atoms with Gasteiger partial charge in [-0.3, -0.25) is 0 Å². The number of hydrogen-bond acceptors (Lipinski definition) is 3. The first-order valence-corrected chi connectivity index (χ1v) is 4.22. The van der Waals surface area contributed by atoms with E-state index in [1.807, 2.05) is 0 Å². The highest BCUT2D eigenvalue weighted by Crippen LogP contribution is 2.26. The van der Waals surface area contributed by atoms with Gasteiger partial charge in [0.1, 0.15) is 0 Å². The Morgan fingerprint density at radius 3 is 1.73 bits per heavy atom. The molecule has 0 aliphatic rings. The molecule has 0 N–H and O–H groups in total. The first-order chi connectivity index (χ1) is 4.67. The smallest absolute Gasteiger partial charge is 0.227 e. The molecule has 0 amide bonds. The number of halogens is 5. The van der Waals surface area contributed by atoms with E-state index in [9.17, 15) is 21.6 Å². The van der Waals surface area contributed by atoms with Gasteiger partial charge in [-0.25, -0.2) is 4.18 Å². The highest BCUT2D eigenvalue weighted by molar-refractivity contribution is 7.87. The van der Waals surface area contributed by atoms with E-state index in [4.69, 9.17) is 0 Å². The van der Waals surface area contributed by atoms with Gasteiger partial charge in [-0.15, -0.1) is 0 Å². The van der Waals surface area contributed by atoms with Crippen LogP contribution in [0, 0.1) is 0 Å². The van der Waals surface area contributed by atoms with Crippen LogP contribution in [0.25, 0.3) is 0 Å². The van der Waals surface area contributed by atoms with Crippen LogP contribution in [0.1, 0.15) is 0 Å². The molecule has 0 radical (unpaired) electrons. The molecule has 0 aliphatic heterocycles. The normalized spacial score (nSPS) is 14.0. The Morgan fingerprint density at radius 2 is 1.64 bits per heavy atom. The zero-order chi connectivity index (χ0) is 9.28. The monoisotopic (exact) mass is 232 g/mol. The first kappa shape index (κ1) is 11.3. The molecule has 0 aromatic rings. The summed E-state index contributed by atoms with van der Waals surface area (Å²) in [6.45, 7) is 0. The van der Waals surface area contributed by atoms with E-state index >= 15 is 0 Å². The molecule has 0 atom stereocenters. The van der Waals surface area contributed by atoms with Gasteiger partial charge in [-0.05, 0) is 0 Å². The lowest BCUT2D eigenvalue weighted by molar-refractivity contribution is -0.0537. The van der Waals surface area contributed by atoms with Crippen molar-refractivity contribution in [3.8, 4) is 0 Å². The van der Waals surface area contributed by atoms with Gasteiger partial charge in [0.2, 0.25) is 5.02 Å². The lowest BCUT2D eigenvalue weighted by atomic mass is 11.6. The minimum Gasteiger partial charge on any atom is -0.227 e. The highest BCUT2D eigenvalue weighted by Gasteiger charge is 2.48. The number of rotatable bonds is 2. The molecule has 9 heteroatoms. The molecular formula is C2HCl2F3O3S. The summed E-state index contributed by atoms with van der Waals surface area (Å²) in [4.78, 5) is 0. The molecule has 0 bridgehead atoms. The van der Waals surface area contributed by atoms with Crippen molar-refractivity contribution in [3.05, 3.63) is 0 Å². The fraction of sp³-hybridized carbons (Fsp3) is 1.00. The lowest BCUT2D eigenvalue weighted by Crippen LogP contribution is -2.26. The number of alkyl halides is 5. The van der Waals surface area contributed by atoms with Gasteiger partial charge in [0.05, 0.1) is 0 Å². The molecular weight excluding hydrogens is 232 g/mol. The van der Waals surface area contributed by atoms with Crippen LogP contribution < -0.4 is 0 Å². The molecule has 0 unspecified atom stereocenters. The van der Waals surface area contributed by atoms with Gasteiger partial charge in [-0.1, -0.05) is 23.2 Å². The van der Waals surface area contributed by atoms with Crippen molar-refractivity contribution >= 4 is 33.3 Å². The summed E-state index contributed by atoms with van der Waals surface area (Å²) in [7, 11) is -5.66. The van der Waals surface area contributed by atoms with E-state index < -0.39 is 20.6 Å². The summed E-state index contributed by atoms with van der Waals surface area (Å²) in [5.41, 5.74) is -5.49. The Bertz CT molecular complexity index is 219. The molecule has 0 spiro atoms. The summed E-state index contributed by atoms with van der Waals surface area (Å²) in [5.74, 6) is 0. The maximum absolute atomic E-state index is 11.4. The van der Waals surface area contributed by atoms with Gasteiger partial charge >= 0.3 is 15.6 Å². The van der Waals surface area contributed by atoms with Crippen molar-refractivity contribution in [3.63, 3.8) is 0 Å². The molecule has 0 aromatic carbocycles. The van der Waals surface area contributed by atoms with Crippen molar-refractivity contribution in [2.24, 2.45) is 0 Å². The fourth-order valence-electron chi connectivity index (χ4n) is 0.150. The first-order valence-electron chi connectivity index (χ1n) is 1.94. The molecule has 3 nitrogen and oxygen atoms in total. The van der Waals surface area contributed by atoms with Crippen molar-refractivity contribution in [1.29, 1.82) is 0 Å². The summed E-state index contributed by atoms with van der Waals surface area (Å²) in [5, 5.41) is -2.05. The molecule has 68 valence electrons. The third-order valence-electron chi connectivity index (χ3n) is 0.483. The van der Waals surface area contributed by atoms with Crippen LogP contribution in [0.4, 0.5) is 13.2 Å². The summed E-state index contributed by atoms with van der Waals surface area (Å²) >= 11 is 9.26. The molecule has 0 saturated heterocycles. The van der Waals surface area contributed by atoms with E-state index in [0.29, 0.717) is 0 Å². The van der Waals surface area contributed by atoms with E-state index in [2.05, 4.69) is 27.4 Å². The van der Waals surface area contributed by atoms with Crippen LogP contribution in [0.5, 0.6) is 0 Å². The van der Waals surface area contributed by atoms with Crippen LogP contribution in [0.15, 0.2) is 0 Å². The summed E-state index contributed by atoms with van der Waals surface area (Å²) < 4.78 is 57.2. The predicted octanol–water partition coefficient (Wildman–Crippen LogP) is 1.61. The van der Waals surface area contributed by atoms with E-state index in [1.54, 1.807) is 0 Å². The lowest BCUT2D eigenvalue weighted by Gasteiger charge is -2.07. The van der Waals surface area contributed by atoms with Crippen molar-refractivity contribution in [2.45, 2.75) is 10.5 Å². The van der Waals surface area contributed by atoms with E-state index in [0.717, 1.165) is 0 Å².